The Bertz CT molecular complexity index is 1120. The molecule has 1 amide bonds. The van der Waals surface area contributed by atoms with Gasteiger partial charge in [0.05, 0.1) is 14.2 Å². The number of methoxy groups -OCH3 is 2. The van der Waals surface area contributed by atoms with E-state index >= 15 is 0 Å². The summed E-state index contributed by atoms with van der Waals surface area (Å²) in [5.41, 5.74) is 1.09. The van der Waals surface area contributed by atoms with Crippen LogP contribution in [-0.4, -0.2) is 56.1 Å². The van der Waals surface area contributed by atoms with Crippen molar-refractivity contribution < 1.29 is 18.7 Å². The summed E-state index contributed by atoms with van der Waals surface area (Å²) >= 11 is 0. The zero-order chi connectivity index (χ0) is 21.1. The van der Waals surface area contributed by atoms with Gasteiger partial charge in [-0.2, -0.15) is 0 Å². The Balaban J connectivity index is 1.42. The quantitative estimate of drug-likeness (QED) is 0.605. The SMILES string of the molecule is COc1ccc(CN2CCN(C(=O)c3cc4ccccc4oc3=O)CC2)cc1OC. The Morgan fingerprint density at radius 2 is 1.70 bits per heavy atom. The molecule has 0 spiro atoms. The number of fused-ring (bicyclic) bond motifs is 1. The molecule has 0 N–H and O–H groups in total. The molecule has 0 atom stereocenters. The number of hydrogen-bond acceptors (Lipinski definition) is 6. The third-order valence-corrected chi connectivity index (χ3v) is 5.39. The standard InChI is InChI=1S/C23H24N2O5/c1-28-20-8-7-16(13-21(20)29-2)15-24-9-11-25(12-10-24)22(26)18-14-17-5-3-4-6-19(17)30-23(18)27/h3-8,13-14H,9-12,15H2,1-2H3. The van der Waals surface area contributed by atoms with Gasteiger partial charge in [0.15, 0.2) is 11.5 Å². The Morgan fingerprint density at radius 1 is 0.967 bits per heavy atom. The van der Waals surface area contributed by atoms with E-state index in [-0.39, 0.29) is 11.5 Å². The fourth-order valence-corrected chi connectivity index (χ4v) is 3.73. The molecular weight excluding hydrogens is 384 g/mol. The smallest absolute Gasteiger partial charge is 0.349 e. The van der Waals surface area contributed by atoms with Gasteiger partial charge >= 0.3 is 5.63 Å². The summed E-state index contributed by atoms with van der Waals surface area (Å²) in [5.74, 6) is 1.12. The molecule has 0 saturated carbocycles. The van der Waals surface area contributed by atoms with Gasteiger partial charge in [-0.1, -0.05) is 24.3 Å². The molecule has 1 fully saturated rings. The molecule has 1 aromatic heterocycles. The normalized spacial score (nSPS) is 14.7. The number of carbonyl (C=O) groups is 1. The molecular formula is C23H24N2O5. The minimum absolute atomic E-state index is 0.0852. The van der Waals surface area contributed by atoms with Gasteiger partial charge in [-0.15, -0.1) is 0 Å². The molecule has 3 aromatic rings. The van der Waals surface area contributed by atoms with Crippen molar-refractivity contribution in [3.63, 3.8) is 0 Å². The molecule has 1 saturated heterocycles. The predicted octanol–water partition coefficient (Wildman–Crippen LogP) is 2.77. The molecule has 2 aromatic carbocycles. The lowest BCUT2D eigenvalue weighted by atomic mass is 10.1. The van der Waals surface area contributed by atoms with Gasteiger partial charge in [-0.05, 0) is 29.8 Å². The highest BCUT2D eigenvalue weighted by atomic mass is 16.5. The number of piperazine rings is 1. The Morgan fingerprint density at radius 3 is 2.43 bits per heavy atom. The van der Waals surface area contributed by atoms with E-state index in [4.69, 9.17) is 13.9 Å². The van der Waals surface area contributed by atoms with Crippen molar-refractivity contribution >= 4 is 16.9 Å². The van der Waals surface area contributed by atoms with Crippen LogP contribution in [-0.2, 0) is 6.54 Å². The van der Waals surface area contributed by atoms with Crippen molar-refractivity contribution in [2.45, 2.75) is 6.54 Å². The Hall–Kier alpha value is -3.32. The van der Waals surface area contributed by atoms with E-state index in [1.165, 1.54) is 0 Å². The molecule has 156 valence electrons. The van der Waals surface area contributed by atoms with Crippen LogP contribution in [0.4, 0.5) is 0 Å². The number of para-hydroxylation sites is 1. The number of nitrogens with zero attached hydrogens (tertiary/aromatic N) is 2. The van der Waals surface area contributed by atoms with Crippen LogP contribution in [0.25, 0.3) is 11.0 Å². The van der Waals surface area contributed by atoms with Crippen molar-refractivity contribution in [3.8, 4) is 11.5 Å². The maximum atomic E-state index is 12.9. The zero-order valence-electron chi connectivity index (χ0n) is 17.1. The van der Waals surface area contributed by atoms with E-state index in [9.17, 15) is 9.59 Å². The number of ether oxygens (including phenoxy) is 2. The van der Waals surface area contributed by atoms with E-state index in [1.54, 1.807) is 37.3 Å². The maximum absolute atomic E-state index is 12.9. The first-order chi connectivity index (χ1) is 14.6. The van der Waals surface area contributed by atoms with Crippen LogP contribution in [0.5, 0.6) is 11.5 Å². The molecule has 4 rings (SSSR count). The summed E-state index contributed by atoms with van der Waals surface area (Å²) in [6, 6.07) is 14.7. The van der Waals surface area contributed by atoms with Crippen LogP contribution < -0.4 is 15.1 Å². The van der Waals surface area contributed by atoms with Crippen molar-refractivity contribution in [3.05, 3.63) is 70.1 Å². The summed E-state index contributed by atoms with van der Waals surface area (Å²) in [7, 11) is 3.24. The second kappa shape index (κ2) is 8.59. The number of amides is 1. The van der Waals surface area contributed by atoms with Gasteiger partial charge < -0.3 is 18.8 Å². The number of rotatable bonds is 5. The molecule has 0 radical (unpaired) electrons. The van der Waals surface area contributed by atoms with E-state index in [0.29, 0.717) is 30.2 Å². The summed E-state index contributed by atoms with van der Waals surface area (Å²) in [4.78, 5) is 29.2. The van der Waals surface area contributed by atoms with E-state index in [0.717, 1.165) is 30.6 Å². The third-order valence-electron chi connectivity index (χ3n) is 5.39. The van der Waals surface area contributed by atoms with Gasteiger partial charge in [0.1, 0.15) is 11.1 Å². The van der Waals surface area contributed by atoms with Crippen LogP contribution in [0.2, 0.25) is 0 Å². The average Bonchev–Trinajstić information content (AvgIpc) is 2.78. The Labute approximate surface area is 174 Å². The van der Waals surface area contributed by atoms with E-state index in [1.807, 2.05) is 30.3 Å². The number of hydrogen-bond donors (Lipinski definition) is 0. The first-order valence-corrected chi connectivity index (χ1v) is 9.84. The van der Waals surface area contributed by atoms with Gasteiger partial charge in [0.25, 0.3) is 5.91 Å². The molecule has 0 unspecified atom stereocenters. The summed E-state index contributed by atoms with van der Waals surface area (Å²) in [6.45, 7) is 3.30. The molecule has 0 aliphatic carbocycles. The summed E-state index contributed by atoms with van der Waals surface area (Å²) in [5, 5.41) is 0.743. The lowest BCUT2D eigenvalue weighted by Gasteiger charge is -2.34. The first kappa shape index (κ1) is 20.0. The topological polar surface area (TPSA) is 72.2 Å². The number of benzene rings is 2. The highest BCUT2D eigenvalue weighted by molar-refractivity contribution is 5.96. The molecule has 1 aliphatic rings. The van der Waals surface area contributed by atoms with Gasteiger partial charge in [-0.3, -0.25) is 9.69 Å². The molecule has 7 nitrogen and oxygen atoms in total. The third kappa shape index (κ3) is 4.02. The largest absolute Gasteiger partial charge is 0.493 e. The molecule has 30 heavy (non-hydrogen) atoms. The van der Waals surface area contributed by atoms with Gasteiger partial charge in [0, 0.05) is 38.1 Å². The average molecular weight is 408 g/mol. The van der Waals surface area contributed by atoms with Gasteiger partial charge in [0.2, 0.25) is 0 Å². The lowest BCUT2D eigenvalue weighted by molar-refractivity contribution is 0.0624. The highest BCUT2D eigenvalue weighted by Gasteiger charge is 2.25. The minimum atomic E-state index is -0.591. The van der Waals surface area contributed by atoms with Gasteiger partial charge in [-0.25, -0.2) is 4.79 Å². The summed E-state index contributed by atoms with van der Waals surface area (Å²) in [6.07, 6.45) is 0. The second-order valence-corrected chi connectivity index (χ2v) is 7.24. The lowest BCUT2D eigenvalue weighted by Crippen LogP contribution is -2.49. The van der Waals surface area contributed by atoms with Crippen LogP contribution in [0.15, 0.2) is 57.7 Å². The van der Waals surface area contributed by atoms with Crippen molar-refractivity contribution in [1.29, 1.82) is 0 Å². The molecule has 7 heteroatoms. The second-order valence-electron chi connectivity index (χ2n) is 7.24. The Kier molecular flexibility index (Phi) is 5.72. The number of carbonyl (C=O) groups excluding carboxylic acids is 1. The van der Waals surface area contributed by atoms with E-state index < -0.39 is 5.63 Å². The highest BCUT2D eigenvalue weighted by Crippen LogP contribution is 2.28. The van der Waals surface area contributed by atoms with Crippen molar-refractivity contribution in [2.24, 2.45) is 0 Å². The monoisotopic (exact) mass is 408 g/mol. The van der Waals surface area contributed by atoms with Crippen LogP contribution in [0, 0.1) is 0 Å². The van der Waals surface area contributed by atoms with Crippen molar-refractivity contribution in [2.75, 3.05) is 40.4 Å². The van der Waals surface area contributed by atoms with Crippen LogP contribution in [0.3, 0.4) is 0 Å². The minimum Gasteiger partial charge on any atom is -0.493 e. The zero-order valence-corrected chi connectivity index (χ0v) is 17.1. The maximum Gasteiger partial charge on any atom is 0.349 e. The summed E-state index contributed by atoms with van der Waals surface area (Å²) < 4.78 is 16.0. The van der Waals surface area contributed by atoms with Crippen LogP contribution >= 0.6 is 0 Å². The fraction of sp³-hybridized carbons (Fsp3) is 0.304. The van der Waals surface area contributed by atoms with Crippen LogP contribution in [0.1, 0.15) is 15.9 Å². The fourth-order valence-electron chi connectivity index (χ4n) is 3.73. The first-order valence-electron chi connectivity index (χ1n) is 9.84. The molecule has 1 aliphatic heterocycles. The van der Waals surface area contributed by atoms with E-state index in [2.05, 4.69) is 4.90 Å². The molecule has 0 bridgehead atoms. The molecule has 2 heterocycles. The predicted molar refractivity (Wildman–Crippen MR) is 113 cm³/mol. The van der Waals surface area contributed by atoms with Crippen molar-refractivity contribution in [1.82, 2.24) is 9.80 Å².